The van der Waals surface area contributed by atoms with Crippen molar-refractivity contribution in [3.05, 3.63) is 0 Å². The molecule has 0 aromatic heterocycles. The molecule has 0 bridgehead atoms. The van der Waals surface area contributed by atoms with E-state index in [0.717, 1.165) is 0 Å². The maximum atomic E-state index is 11.2. The highest BCUT2D eigenvalue weighted by molar-refractivity contribution is 5.73. The molecule has 12 heteroatoms. The molecule has 7 N–H and O–H groups in total. The monoisotopic (exact) mass is 396 g/mol. The number of hydrogen-bond acceptors (Lipinski definition) is 10. The molecule has 2 rings (SSSR count). The maximum Gasteiger partial charge on any atom is 0.335 e. The Morgan fingerprint density at radius 2 is 1.26 bits per heavy atom. The smallest absolute Gasteiger partial charge is 0.335 e. The molecule has 0 spiro atoms. The molecule has 10 atom stereocenters. The summed E-state index contributed by atoms with van der Waals surface area (Å²) < 4.78 is 15.7. The van der Waals surface area contributed by atoms with E-state index in [0.29, 0.717) is 0 Å². The number of aliphatic carboxylic acids is 2. The maximum absolute atomic E-state index is 11.2. The first-order valence-corrected chi connectivity index (χ1v) is 8.29. The van der Waals surface area contributed by atoms with Gasteiger partial charge in [0.15, 0.2) is 18.5 Å². The minimum absolute atomic E-state index is 0.412. The van der Waals surface area contributed by atoms with Gasteiger partial charge in [0.1, 0.15) is 36.6 Å². The molecule has 2 heterocycles. The summed E-state index contributed by atoms with van der Waals surface area (Å²) in [6.07, 6.45) is -17.2. The first-order chi connectivity index (χ1) is 12.5. The first-order valence-electron chi connectivity index (χ1n) is 8.29. The molecule has 156 valence electrons. The summed E-state index contributed by atoms with van der Waals surface area (Å²) in [6, 6.07) is 0. The second-order valence-corrected chi connectivity index (χ2v) is 6.92. The van der Waals surface area contributed by atoms with Crippen molar-refractivity contribution >= 4 is 11.9 Å². The van der Waals surface area contributed by atoms with Crippen LogP contribution in [0.15, 0.2) is 0 Å². The van der Waals surface area contributed by atoms with E-state index in [1.54, 1.807) is 13.8 Å². The van der Waals surface area contributed by atoms with Crippen LogP contribution in [0.4, 0.5) is 0 Å². The van der Waals surface area contributed by atoms with E-state index in [9.17, 15) is 35.1 Å². The second-order valence-electron chi connectivity index (χ2n) is 6.92. The van der Waals surface area contributed by atoms with Crippen LogP contribution in [0.25, 0.3) is 0 Å². The van der Waals surface area contributed by atoms with Gasteiger partial charge in [0.05, 0.1) is 6.10 Å². The molecule has 0 amide bonds. The van der Waals surface area contributed by atoms with Gasteiger partial charge in [-0.05, 0) is 5.92 Å². The fraction of sp³-hybridized carbons (Fsp3) is 0.867. The largest absolute Gasteiger partial charge is 0.479 e. The predicted octanol–water partition coefficient (Wildman–Crippen LogP) is -3.51. The lowest BCUT2D eigenvalue weighted by Gasteiger charge is -2.46. The van der Waals surface area contributed by atoms with E-state index in [2.05, 4.69) is 0 Å². The Balaban J connectivity index is 2.24. The Kier molecular flexibility index (Phi) is 6.76. The SMILES string of the molecule is CC(C)C1OC(C(=O)O)C(O)C(O)C1OC1OC(C(=O)O)C(O)C(O)C1O. The molecule has 12 nitrogen and oxygen atoms in total. The Labute approximate surface area is 153 Å². The number of carboxylic acid groups (broad SMARTS) is 2. The third-order valence-electron chi connectivity index (χ3n) is 4.63. The standard InChI is InChI=1S/C15H24O12/c1-3(2)9-10(6(18)7(19)11(25-9)13(21)22)26-15-8(20)4(16)5(17)12(27-15)14(23)24/h3-12,15-20H,1-2H3,(H,21,22)(H,23,24). The van der Waals surface area contributed by atoms with Crippen LogP contribution in [-0.2, 0) is 23.8 Å². The van der Waals surface area contributed by atoms with Gasteiger partial charge >= 0.3 is 11.9 Å². The fourth-order valence-corrected chi connectivity index (χ4v) is 3.11. The summed E-state index contributed by atoms with van der Waals surface area (Å²) in [4.78, 5) is 22.3. The van der Waals surface area contributed by atoms with Crippen LogP contribution in [0, 0.1) is 5.92 Å². The zero-order valence-electron chi connectivity index (χ0n) is 14.5. The Hall–Kier alpha value is -1.38. The van der Waals surface area contributed by atoms with Gasteiger partial charge in [-0.3, -0.25) is 0 Å². The number of ether oxygens (including phenoxy) is 3. The van der Waals surface area contributed by atoms with Gasteiger partial charge in [0, 0.05) is 0 Å². The van der Waals surface area contributed by atoms with E-state index in [4.69, 9.17) is 24.4 Å². The lowest BCUT2D eigenvalue weighted by molar-refractivity contribution is -0.336. The molecule has 0 aromatic carbocycles. The molecule has 2 aliphatic heterocycles. The number of rotatable bonds is 5. The van der Waals surface area contributed by atoms with Gasteiger partial charge in [-0.2, -0.15) is 0 Å². The van der Waals surface area contributed by atoms with Crippen LogP contribution >= 0.6 is 0 Å². The summed E-state index contributed by atoms with van der Waals surface area (Å²) in [5, 5.41) is 68.0. The van der Waals surface area contributed by atoms with E-state index in [1.165, 1.54) is 0 Å². The van der Waals surface area contributed by atoms with Crippen LogP contribution in [0.3, 0.4) is 0 Å². The Bertz CT molecular complexity index is 553. The summed E-state index contributed by atoms with van der Waals surface area (Å²) in [5.41, 5.74) is 0. The number of carboxylic acids is 2. The average Bonchev–Trinajstić information content (AvgIpc) is 2.58. The van der Waals surface area contributed by atoms with E-state index < -0.39 is 79.1 Å². The molecule has 2 aliphatic rings. The van der Waals surface area contributed by atoms with Crippen LogP contribution < -0.4 is 0 Å². The highest BCUT2D eigenvalue weighted by Crippen LogP contribution is 2.32. The molecule has 10 unspecified atom stereocenters. The third kappa shape index (κ3) is 4.22. The van der Waals surface area contributed by atoms with Gasteiger partial charge in [0.25, 0.3) is 0 Å². The summed E-state index contributed by atoms with van der Waals surface area (Å²) in [6.45, 7) is 3.25. The van der Waals surface area contributed by atoms with Crippen molar-refractivity contribution in [3.63, 3.8) is 0 Å². The van der Waals surface area contributed by atoms with E-state index in [1.807, 2.05) is 0 Å². The molecular weight excluding hydrogens is 372 g/mol. The second kappa shape index (κ2) is 8.32. The molecule has 0 aromatic rings. The van der Waals surface area contributed by atoms with Crippen LogP contribution in [-0.4, -0.2) is 109 Å². The Morgan fingerprint density at radius 1 is 0.778 bits per heavy atom. The van der Waals surface area contributed by atoms with Gasteiger partial charge in [-0.15, -0.1) is 0 Å². The van der Waals surface area contributed by atoms with E-state index in [-0.39, 0.29) is 0 Å². The minimum Gasteiger partial charge on any atom is -0.479 e. The lowest BCUT2D eigenvalue weighted by atomic mass is 9.89. The van der Waals surface area contributed by atoms with Crippen LogP contribution in [0.1, 0.15) is 13.8 Å². The third-order valence-corrected chi connectivity index (χ3v) is 4.63. The predicted molar refractivity (Wildman–Crippen MR) is 82.3 cm³/mol. The molecule has 0 saturated carbocycles. The van der Waals surface area contributed by atoms with Gasteiger partial charge in [-0.25, -0.2) is 9.59 Å². The van der Waals surface area contributed by atoms with Gasteiger partial charge in [-0.1, -0.05) is 13.8 Å². The minimum atomic E-state index is -1.92. The summed E-state index contributed by atoms with van der Waals surface area (Å²) in [5.74, 6) is -3.52. The summed E-state index contributed by atoms with van der Waals surface area (Å²) in [7, 11) is 0. The van der Waals surface area contributed by atoms with Crippen molar-refractivity contribution in [2.45, 2.75) is 75.1 Å². The molecule has 0 aliphatic carbocycles. The molecule has 27 heavy (non-hydrogen) atoms. The van der Waals surface area contributed by atoms with Gasteiger partial charge in [0.2, 0.25) is 0 Å². The summed E-state index contributed by atoms with van der Waals surface area (Å²) >= 11 is 0. The zero-order chi connectivity index (χ0) is 20.6. The Morgan fingerprint density at radius 3 is 1.74 bits per heavy atom. The normalized spacial score (nSPS) is 45.6. The molecule has 2 saturated heterocycles. The van der Waals surface area contributed by atoms with Crippen molar-refractivity contribution in [2.24, 2.45) is 5.92 Å². The zero-order valence-corrected chi connectivity index (χ0v) is 14.5. The highest BCUT2D eigenvalue weighted by atomic mass is 16.7. The van der Waals surface area contributed by atoms with Crippen molar-refractivity contribution in [1.82, 2.24) is 0 Å². The number of carbonyl (C=O) groups is 2. The molecular formula is C15H24O12. The van der Waals surface area contributed by atoms with Crippen molar-refractivity contribution < 1.29 is 59.5 Å². The van der Waals surface area contributed by atoms with Crippen molar-refractivity contribution in [2.75, 3.05) is 0 Å². The number of aliphatic hydroxyl groups excluding tert-OH is 5. The first kappa shape index (κ1) is 21.9. The number of hydrogen-bond donors (Lipinski definition) is 7. The van der Waals surface area contributed by atoms with Crippen molar-refractivity contribution in [1.29, 1.82) is 0 Å². The van der Waals surface area contributed by atoms with Crippen LogP contribution in [0.5, 0.6) is 0 Å². The van der Waals surface area contributed by atoms with E-state index >= 15 is 0 Å². The topological polar surface area (TPSA) is 203 Å². The lowest BCUT2D eigenvalue weighted by Crippen LogP contribution is -2.65. The van der Waals surface area contributed by atoms with Gasteiger partial charge < -0.3 is 50.0 Å². The molecule has 2 fully saturated rings. The quantitative estimate of drug-likeness (QED) is 0.242. The fourth-order valence-electron chi connectivity index (χ4n) is 3.11. The van der Waals surface area contributed by atoms with Crippen molar-refractivity contribution in [3.8, 4) is 0 Å². The average molecular weight is 396 g/mol. The van der Waals surface area contributed by atoms with Crippen LogP contribution in [0.2, 0.25) is 0 Å². The number of aliphatic hydroxyl groups is 5. The highest BCUT2D eigenvalue weighted by Gasteiger charge is 2.53. The molecule has 0 radical (unpaired) electrons.